The Labute approximate surface area is 244 Å². The van der Waals surface area contributed by atoms with Gasteiger partial charge in [-0.25, -0.2) is 0 Å². The minimum absolute atomic E-state index is 0.108. The van der Waals surface area contributed by atoms with Gasteiger partial charge in [0, 0.05) is 26.2 Å². The van der Waals surface area contributed by atoms with E-state index in [4.69, 9.17) is 0 Å². The van der Waals surface area contributed by atoms with Crippen LogP contribution in [0.15, 0.2) is 0 Å². The Morgan fingerprint density at radius 3 is 1.29 bits per heavy atom. The average molecular weight is 578 g/mol. The fraction of sp³-hybridized carbons (Fsp3) is 0.867. The van der Waals surface area contributed by atoms with E-state index < -0.39 is 47.7 Å². The fourth-order valence-corrected chi connectivity index (χ4v) is 8.40. The predicted octanol–water partition coefficient (Wildman–Crippen LogP) is -0.189. The van der Waals surface area contributed by atoms with E-state index in [-0.39, 0.29) is 35.5 Å². The maximum Gasteiger partial charge on any atom is 0.230 e. The molecule has 4 bridgehead atoms. The zero-order valence-electron chi connectivity index (χ0n) is 25.2. The highest BCUT2D eigenvalue weighted by atomic mass is 16.3. The molecule has 41 heavy (non-hydrogen) atoms. The molecule has 11 heteroatoms. The molecule has 10 unspecified atom stereocenters. The van der Waals surface area contributed by atoms with E-state index in [9.17, 15) is 29.4 Å². The van der Waals surface area contributed by atoms with Crippen molar-refractivity contribution in [3.63, 3.8) is 0 Å². The number of imide groups is 1. The molecule has 0 aromatic carbocycles. The molecule has 11 nitrogen and oxygen atoms in total. The summed E-state index contributed by atoms with van der Waals surface area (Å²) >= 11 is 0. The van der Waals surface area contributed by atoms with E-state index in [2.05, 4.69) is 53.4 Å². The van der Waals surface area contributed by atoms with Crippen LogP contribution in [0.5, 0.6) is 0 Å². The molecule has 0 heterocycles. The third-order valence-corrected chi connectivity index (χ3v) is 10.6. The number of carbonyl (C=O) groups excluding carboxylic acids is 4. The van der Waals surface area contributed by atoms with Gasteiger partial charge in [0.05, 0.1) is 35.9 Å². The normalized spacial score (nSPS) is 35.3. The molecule has 4 amide bonds. The second kappa shape index (κ2) is 13.9. The second-order valence-electron chi connectivity index (χ2n) is 12.5. The standard InChI is InChI=1S/C30H51N5O6/c1-5-34(6-2)11-9-31-27(38)23-17-13-19(21(36)15-17)25(23)29(40)33-30(41)26-20-14-18(16-22(20)37)24(26)28(39)32-10-12-35(7-3)8-4/h17-26,36-37H,5-16H2,1-4H3,(H,31,38)(H,32,39)(H,33,40,41). The van der Waals surface area contributed by atoms with Crippen LogP contribution in [0.4, 0.5) is 0 Å². The molecule has 0 radical (unpaired) electrons. The molecule has 4 aliphatic carbocycles. The van der Waals surface area contributed by atoms with Crippen LogP contribution in [-0.4, -0.2) is 108 Å². The number of likely N-dealkylation sites (N-methyl/N-ethyl adjacent to an activating group) is 2. The SMILES string of the molecule is CCN(CC)CCNC(=O)C1C2CC(O)C(C2)C1C(=O)NC(=O)C1C2CC(CC2O)C1C(=O)NCCN(CC)CC. The van der Waals surface area contributed by atoms with Gasteiger partial charge in [-0.3, -0.25) is 24.5 Å². The number of carbonyl (C=O) groups is 4. The Balaban J connectivity index is 1.41. The molecule has 0 saturated heterocycles. The van der Waals surface area contributed by atoms with Crippen LogP contribution in [0, 0.1) is 47.3 Å². The topological polar surface area (TPSA) is 151 Å². The Bertz CT molecular complexity index is 882. The summed E-state index contributed by atoms with van der Waals surface area (Å²) in [6.45, 7) is 14.1. The van der Waals surface area contributed by atoms with Crippen LogP contribution >= 0.6 is 0 Å². The number of nitrogens with one attached hydrogen (secondary N) is 3. The Hall–Kier alpha value is -2.08. The zero-order chi connectivity index (χ0) is 29.8. The van der Waals surface area contributed by atoms with Gasteiger partial charge in [-0.05, 0) is 75.5 Å². The summed E-state index contributed by atoms with van der Waals surface area (Å²) in [4.78, 5) is 58.2. The second-order valence-corrected chi connectivity index (χ2v) is 12.5. The first-order valence-corrected chi connectivity index (χ1v) is 15.9. The van der Waals surface area contributed by atoms with Gasteiger partial charge in [0.1, 0.15) is 0 Å². The third-order valence-electron chi connectivity index (χ3n) is 10.6. The number of fused-ring (bicyclic) bond motifs is 4. The monoisotopic (exact) mass is 577 g/mol. The number of hydrogen-bond acceptors (Lipinski definition) is 8. The van der Waals surface area contributed by atoms with Gasteiger partial charge in [-0.15, -0.1) is 0 Å². The number of amides is 4. The van der Waals surface area contributed by atoms with Gasteiger partial charge in [-0.1, -0.05) is 27.7 Å². The smallest absolute Gasteiger partial charge is 0.230 e. The first-order chi connectivity index (χ1) is 19.6. The molecule has 4 rings (SSSR count). The van der Waals surface area contributed by atoms with Crippen molar-refractivity contribution in [3.8, 4) is 0 Å². The lowest BCUT2D eigenvalue weighted by molar-refractivity contribution is -0.147. The summed E-state index contributed by atoms with van der Waals surface area (Å²) in [7, 11) is 0. The minimum atomic E-state index is -0.800. The van der Waals surface area contributed by atoms with E-state index >= 15 is 0 Å². The number of hydrogen-bond donors (Lipinski definition) is 5. The number of aliphatic hydroxyl groups is 2. The van der Waals surface area contributed by atoms with Crippen LogP contribution in [0.25, 0.3) is 0 Å². The highest BCUT2D eigenvalue weighted by Gasteiger charge is 2.60. The maximum atomic E-state index is 13.6. The summed E-state index contributed by atoms with van der Waals surface area (Å²) < 4.78 is 0. The molecular formula is C30H51N5O6. The largest absolute Gasteiger partial charge is 0.393 e. The van der Waals surface area contributed by atoms with Gasteiger partial charge >= 0.3 is 0 Å². The Kier molecular flexibility index (Phi) is 10.8. The average Bonchev–Trinajstić information content (AvgIpc) is 3.71. The number of nitrogens with zero attached hydrogens (tertiary/aromatic N) is 2. The summed E-state index contributed by atoms with van der Waals surface area (Å²) in [5.41, 5.74) is 0. The van der Waals surface area contributed by atoms with E-state index in [0.717, 1.165) is 26.2 Å². The first kappa shape index (κ1) is 31.8. The van der Waals surface area contributed by atoms with Gasteiger partial charge in [-0.2, -0.15) is 0 Å². The Morgan fingerprint density at radius 2 is 0.951 bits per heavy atom. The van der Waals surface area contributed by atoms with Gasteiger partial charge in [0.2, 0.25) is 23.6 Å². The fourth-order valence-electron chi connectivity index (χ4n) is 8.40. The molecule has 0 spiro atoms. The Morgan fingerprint density at radius 1 is 0.585 bits per heavy atom. The highest BCUT2D eigenvalue weighted by molar-refractivity contribution is 6.01. The molecule has 4 saturated carbocycles. The van der Waals surface area contributed by atoms with Crippen molar-refractivity contribution >= 4 is 23.6 Å². The lowest BCUT2D eigenvalue weighted by Crippen LogP contribution is -2.53. The van der Waals surface area contributed by atoms with Crippen LogP contribution in [0.2, 0.25) is 0 Å². The molecule has 0 aromatic rings. The van der Waals surface area contributed by atoms with Crippen LogP contribution < -0.4 is 16.0 Å². The summed E-state index contributed by atoms with van der Waals surface area (Å²) in [6.07, 6.45) is 0.742. The zero-order valence-corrected chi connectivity index (χ0v) is 25.2. The highest BCUT2D eigenvalue weighted by Crippen LogP contribution is 2.54. The molecule has 232 valence electrons. The van der Waals surface area contributed by atoms with Crippen molar-refractivity contribution in [2.45, 2.75) is 65.6 Å². The van der Waals surface area contributed by atoms with Gasteiger partial charge < -0.3 is 30.6 Å². The van der Waals surface area contributed by atoms with Crippen LogP contribution in [0.1, 0.15) is 53.4 Å². The number of rotatable bonds is 14. The molecule has 0 aliphatic heterocycles. The lowest BCUT2D eigenvalue weighted by Gasteiger charge is -2.34. The molecule has 4 aliphatic rings. The van der Waals surface area contributed by atoms with E-state index in [1.165, 1.54) is 0 Å². The van der Waals surface area contributed by atoms with E-state index in [0.29, 0.717) is 51.9 Å². The van der Waals surface area contributed by atoms with E-state index in [1.807, 2.05) is 0 Å². The van der Waals surface area contributed by atoms with Crippen molar-refractivity contribution in [2.24, 2.45) is 47.3 Å². The molecule has 4 fully saturated rings. The molecule has 10 atom stereocenters. The molecule has 5 N–H and O–H groups in total. The van der Waals surface area contributed by atoms with Crippen molar-refractivity contribution in [1.82, 2.24) is 25.8 Å². The summed E-state index contributed by atoms with van der Waals surface area (Å²) in [5.74, 6) is -5.29. The summed E-state index contributed by atoms with van der Waals surface area (Å²) in [6, 6.07) is 0. The summed E-state index contributed by atoms with van der Waals surface area (Å²) in [5, 5.41) is 29.7. The molecular weight excluding hydrogens is 526 g/mol. The quantitative estimate of drug-likeness (QED) is 0.178. The molecule has 0 aromatic heterocycles. The van der Waals surface area contributed by atoms with Crippen LogP contribution in [-0.2, 0) is 19.2 Å². The van der Waals surface area contributed by atoms with Crippen molar-refractivity contribution in [2.75, 3.05) is 52.4 Å². The van der Waals surface area contributed by atoms with Crippen LogP contribution in [0.3, 0.4) is 0 Å². The van der Waals surface area contributed by atoms with Gasteiger partial charge in [0.15, 0.2) is 0 Å². The van der Waals surface area contributed by atoms with Crippen molar-refractivity contribution < 1.29 is 29.4 Å². The van der Waals surface area contributed by atoms with Crippen molar-refractivity contribution in [3.05, 3.63) is 0 Å². The third kappa shape index (κ3) is 6.63. The number of aliphatic hydroxyl groups excluding tert-OH is 2. The first-order valence-electron chi connectivity index (χ1n) is 15.9. The minimum Gasteiger partial charge on any atom is -0.393 e. The van der Waals surface area contributed by atoms with E-state index in [1.54, 1.807) is 0 Å². The predicted molar refractivity (Wildman–Crippen MR) is 153 cm³/mol. The van der Waals surface area contributed by atoms with Gasteiger partial charge in [0.25, 0.3) is 0 Å². The maximum absolute atomic E-state index is 13.6. The van der Waals surface area contributed by atoms with Crippen molar-refractivity contribution in [1.29, 1.82) is 0 Å². The lowest BCUT2D eigenvalue weighted by atomic mass is 9.75.